The van der Waals surface area contributed by atoms with Crippen molar-refractivity contribution < 1.29 is 8.42 Å². The predicted octanol–water partition coefficient (Wildman–Crippen LogP) is 3.52. The van der Waals surface area contributed by atoms with Gasteiger partial charge in [-0.15, -0.1) is 0 Å². The Hall–Kier alpha value is -2.57. The van der Waals surface area contributed by atoms with Gasteiger partial charge in [-0.3, -0.25) is 0 Å². The SMILES string of the molecule is CNCc1cc(C2=CCC3NC=CC3=C2)n(S(=O)(=O)c2ccc3c(c2)CCCC3)c1. The number of hydrogen-bond donors (Lipinski definition) is 2. The molecule has 1 aromatic heterocycles. The largest absolute Gasteiger partial charge is 0.384 e. The second kappa shape index (κ2) is 7.60. The quantitative estimate of drug-likeness (QED) is 0.775. The van der Waals surface area contributed by atoms with Crippen molar-refractivity contribution in [2.45, 2.75) is 49.6 Å². The van der Waals surface area contributed by atoms with Gasteiger partial charge in [0.1, 0.15) is 0 Å². The summed E-state index contributed by atoms with van der Waals surface area (Å²) in [5, 5.41) is 6.46. The summed E-state index contributed by atoms with van der Waals surface area (Å²) in [5.41, 5.74) is 6.30. The van der Waals surface area contributed by atoms with Gasteiger partial charge in [0.2, 0.25) is 0 Å². The van der Waals surface area contributed by atoms with Crippen LogP contribution in [0.25, 0.3) is 5.57 Å². The number of fused-ring (bicyclic) bond motifs is 2. The zero-order valence-electron chi connectivity index (χ0n) is 17.2. The Balaban J connectivity index is 1.60. The summed E-state index contributed by atoms with van der Waals surface area (Å²) in [6, 6.07) is 7.95. The van der Waals surface area contributed by atoms with Gasteiger partial charge in [-0.05, 0) is 104 Å². The van der Waals surface area contributed by atoms with Gasteiger partial charge in [-0.25, -0.2) is 12.4 Å². The van der Waals surface area contributed by atoms with Crippen LogP contribution in [0.2, 0.25) is 0 Å². The summed E-state index contributed by atoms with van der Waals surface area (Å²) in [6.45, 7) is 0.619. The van der Waals surface area contributed by atoms with Crippen molar-refractivity contribution in [1.29, 1.82) is 0 Å². The lowest BCUT2D eigenvalue weighted by atomic mass is 9.92. The molecule has 0 amide bonds. The molecular formula is C24H27N3O2S. The lowest BCUT2D eigenvalue weighted by molar-refractivity contribution is 0.586. The van der Waals surface area contributed by atoms with Gasteiger partial charge in [0, 0.05) is 12.7 Å². The number of hydrogen-bond acceptors (Lipinski definition) is 4. The fraction of sp³-hybridized carbons (Fsp3) is 0.333. The van der Waals surface area contributed by atoms with E-state index in [1.807, 2.05) is 31.4 Å². The first-order valence-electron chi connectivity index (χ1n) is 10.6. The molecule has 1 unspecified atom stereocenters. The van der Waals surface area contributed by atoms with E-state index < -0.39 is 10.0 Å². The van der Waals surface area contributed by atoms with Crippen molar-refractivity contribution >= 4 is 15.6 Å². The normalized spacial score (nSPS) is 20.2. The molecular weight excluding hydrogens is 394 g/mol. The highest BCUT2D eigenvalue weighted by Gasteiger charge is 2.26. The van der Waals surface area contributed by atoms with Gasteiger partial charge < -0.3 is 10.6 Å². The summed E-state index contributed by atoms with van der Waals surface area (Å²) >= 11 is 0. The molecule has 0 fully saturated rings. The molecule has 2 aliphatic carbocycles. The average molecular weight is 422 g/mol. The van der Waals surface area contributed by atoms with Crippen LogP contribution in [-0.4, -0.2) is 25.5 Å². The van der Waals surface area contributed by atoms with Crippen molar-refractivity contribution in [2.24, 2.45) is 0 Å². The Morgan fingerprint density at radius 2 is 2.00 bits per heavy atom. The van der Waals surface area contributed by atoms with Crippen LogP contribution in [0, 0.1) is 0 Å². The predicted molar refractivity (Wildman–Crippen MR) is 120 cm³/mol. The van der Waals surface area contributed by atoms with E-state index in [-0.39, 0.29) is 0 Å². The van der Waals surface area contributed by atoms with Crippen LogP contribution < -0.4 is 10.6 Å². The molecule has 1 atom stereocenters. The van der Waals surface area contributed by atoms with Crippen molar-refractivity contribution in [3.8, 4) is 0 Å². The smallest absolute Gasteiger partial charge is 0.268 e. The van der Waals surface area contributed by atoms with Crippen LogP contribution in [0.3, 0.4) is 0 Å². The van der Waals surface area contributed by atoms with E-state index in [9.17, 15) is 8.42 Å². The van der Waals surface area contributed by atoms with E-state index in [1.54, 1.807) is 12.3 Å². The Morgan fingerprint density at radius 3 is 2.83 bits per heavy atom. The minimum atomic E-state index is -3.69. The summed E-state index contributed by atoms with van der Waals surface area (Å²) in [5.74, 6) is 0. The second-order valence-electron chi connectivity index (χ2n) is 8.29. The first-order valence-corrected chi connectivity index (χ1v) is 12.1. The van der Waals surface area contributed by atoms with Crippen molar-refractivity contribution in [3.05, 3.63) is 82.8 Å². The molecule has 3 aliphatic rings. The molecule has 0 spiro atoms. The summed E-state index contributed by atoms with van der Waals surface area (Å²) in [4.78, 5) is 0.375. The van der Waals surface area contributed by atoms with Crippen LogP contribution in [-0.2, 0) is 29.4 Å². The number of aryl methyl sites for hydroxylation is 2. The van der Waals surface area contributed by atoms with E-state index in [4.69, 9.17) is 0 Å². The van der Waals surface area contributed by atoms with Gasteiger partial charge in [-0.2, -0.15) is 0 Å². The van der Waals surface area contributed by atoms with Crippen LogP contribution >= 0.6 is 0 Å². The highest BCUT2D eigenvalue weighted by atomic mass is 32.2. The van der Waals surface area contributed by atoms with Gasteiger partial charge >= 0.3 is 0 Å². The Labute approximate surface area is 178 Å². The lowest BCUT2D eigenvalue weighted by Gasteiger charge is -2.20. The molecule has 0 saturated heterocycles. The van der Waals surface area contributed by atoms with E-state index in [2.05, 4.69) is 28.9 Å². The maximum absolute atomic E-state index is 13.7. The van der Waals surface area contributed by atoms with Crippen LogP contribution in [0.5, 0.6) is 0 Å². The highest BCUT2D eigenvalue weighted by Crippen LogP contribution is 2.32. The van der Waals surface area contributed by atoms with Gasteiger partial charge in [0.05, 0.1) is 16.6 Å². The summed E-state index contributed by atoms with van der Waals surface area (Å²) in [6.07, 6.45) is 15.2. The fourth-order valence-electron chi connectivity index (χ4n) is 4.68. The number of aromatic nitrogens is 1. The molecule has 1 aromatic carbocycles. The molecule has 0 bridgehead atoms. The Bertz CT molecular complexity index is 1190. The van der Waals surface area contributed by atoms with Crippen molar-refractivity contribution in [1.82, 2.24) is 14.6 Å². The van der Waals surface area contributed by atoms with E-state index in [1.165, 1.54) is 27.1 Å². The number of benzene rings is 1. The van der Waals surface area contributed by atoms with Crippen LogP contribution in [0.4, 0.5) is 0 Å². The van der Waals surface area contributed by atoms with Crippen LogP contribution in [0.15, 0.2) is 65.4 Å². The third-order valence-corrected chi connectivity index (χ3v) is 7.94. The monoisotopic (exact) mass is 421 g/mol. The molecule has 2 N–H and O–H groups in total. The maximum Gasteiger partial charge on any atom is 0.268 e. The first kappa shape index (κ1) is 19.4. The number of rotatable bonds is 5. The second-order valence-corrected chi connectivity index (χ2v) is 10.1. The van der Waals surface area contributed by atoms with Crippen molar-refractivity contribution in [2.75, 3.05) is 7.05 Å². The maximum atomic E-state index is 13.7. The zero-order valence-corrected chi connectivity index (χ0v) is 18.0. The first-order chi connectivity index (χ1) is 14.6. The molecule has 2 aromatic rings. The van der Waals surface area contributed by atoms with Crippen molar-refractivity contribution in [3.63, 3.8) is 0 Å². The molecule has 0 radical (unpaired) electrons. The highest BCUT2D eigenvalue weighted by molar-refractivity contribution is 7.90. The molecule has 0 saturated carbocycles. The summed E-state index contributed by atoms with van der Waals surface area (Å²) < 4.78 is 28.9. The molecule has 2 heterocycles. The fourth-order valence-corrected chi connectivity index (χ4v) is 6.13. The van der Waals surface area contributed by atoms with Crippen LogP contribution in [0.1, 0.15) is 41.6 Å². The third-order valence-electron chi connectivity index (χ3n) is 6.27. The molecule has 1 aliphatic heterocycles. The zero-order chi connectivity index (χ0) is 20.7. The standard InChI is InChI=1S/C24H27N3O2S/c1-25-15-17-12-24(21-7-9-23-20(13-21)10-11-26-23)27(16-17)30(28,29)22-8-6-18-4-2-3-5-19(18)14-22/h6-8,10-14,16,23,25-26H,2-5,9,15H2,1H3. The number of nitrogens with one attached hydrogen (secondary N) is 2. The average Bonchev–Trinajstić information content (AvgIpc) is 3.40. The molecule has 156 valence electrons. The van der Waals surface area contributed by atoms with Gasteiger partial charge in [0.15, 0.2) is 0 Å². The van der Waals surface area contributed by atoms with Gasteiger partial charge in [-0.1, -0.05) is 12.1 Å². The third kappa shape index (κ3) is 3.34. The Kier molecular flexibility index (Phi) is 4.91. The lowest BCUT2D eigenvalue weighted by Crippen LogP contribution is -2.22. The number of nitrogens with zero attached hydrogens (tertiary/aromatic N) is 1. The van der Waals surface area contributed by atoms with E-state index >= 15 is 0 Å². The minimum Gasteiger partial charge on any atom is -0.384 e. The number of allylic oxidation sites excluding steroid dienone is 2. The molecule has 5 nitrogen and oxygen atoms in total. The van der Waals surface area contributed by atoms with Gasteiger partial charge in [0.25, 0.3) is 10.0 Å². The molecule has 5 rings (SSSR count). The van der Waals surface area contributed by atoms with E-state index in [0.29, 0.717) is 17.5 Å². The minimum absolute atomic E-state index is 0.297. The molecule has 30 heavy (non-hydrogen) atoms. The Morgan fingerprint density at radius 1 is 1.17 bits per heavy atom. The topological polar surface area (TPSA) is 63.1 Å². The van der Waals surface area contributed by atoms with E-state index in [0.717, 1.165) is 42.5 Å². The molecule has 6 heteroatoms. The summed E-state index contributed by atoms with van der Waals surface area (Å²) in [7, 11) is -1.82.